The molecule has 1 aliphatic heterocycles. The molecule has 3 rings (SSSR count). The first kappa shape index (κ1) is 16.3. The number of urea groups is 1. The van der Waals surface area contributed by atoms with Crippen molar-refractivity contribution in [3.63, 3.8) is 0 Å². The van der Waals surface area contributed by atoms with E-state index in [0.29, 0.717) is 12.1 Å². The Hall–Kier alpha value is -1.55. The van der Waals surface area contributed by atoms with E-state index in [1.807, 2.05) is 0 Å². The van der Waals surface area contributed by atoms with Crippen molar-refractivity contribution in [3.8, 4) is 0 Å². The van der Waals surface area contributed by atoms with Gasteiger partial charge in [-0.05, 0) is 69.5 Å². The monoisotopic (exact) mass is 315 g/mol. The number of amides is 2. The maximum atomic E-state index is 10.9. The van der Waals surface area contributed by atoms with Crippen LogP contribution in [0.3, 0.4) is 0 Å². The summed E-state index contributed by atoms with van der Waals surface area (Å²) in [4.78, 5) is 13.6. The largest absolute Gasteiger partial charge is 0.352 e. The van der Waals surface area contributed by atoms with Crippen LogP contribution in [0.2, 0.25) is 0 Å². The average Bonchev–Trinajstić information content (AvgIpc) is 3.03. The third kappa shape index (κ3) is 4.47. The molecule has 23 heavy (non-hydrogen) atoms. The molecule has 1 aromatic rings. The van der Waals surface area contributed by atoms with E-state index in [4.69, 9.17) is 5.73 Å². The highest BCUT2D eigenvalue weighted by molar-refractivity contribution is 5.71. The summed E-state index contributed by atoms with van der Waals surface area (Å²) in [6, 6.07) is 11.5. The van der Waals surface area contributed by atoms with Crippen molar-refractivity contribution in [1.29, 1.82) is 0 Å². The van der Waals surface area contributed by atoms with Gasteiger partial charge in [-0.25, -0.2) is 4.79 Å². The molecular formula is C19H29N3O. The third-order valence-corrected chi connectivity index (χ3v) is 5.57. The van der Waals surface area contributed by atoms with Crippen molar-refractivity contribution >= 4 is 6.03 Å². The molecule has 0 aromatic heterocycles. The lowest BCUT2D eigenvalue weighted by molar-refractivity contribution is 0.205. The fraction of sp³-hybridized carbons (Fsp3) is 0.632. The van der Waals surface area contributed by atoms with Crippen molar-refractivity contribution in [1.82, 2.24) is 10.2 Å². The maximum Gasteiger partial charge on any atom is 0.312 e. The van der Waals surface area contributed by atoms with Crippen LogP contribution in [0.25, 0.3) is 0 Å². The lowest BCUT2D eigenvalue weighted by atomic mass is 9.84. The Balaban J connectivity index is 1.44. The predicted molar refractivity (Wildman–Crippen MR) is 93.1 cm³/mol. The molecule has 1 saturated carbocycles. The fourth-order valence-electron chi connectivity index (χ4n) is 4.29. The molecule has 126 valence electrons. The van der Waals surface area contributed by atoms with E-state index in [9.17, 15) is 4.79 Å². The maximum absolute atomic E-state index is 10.9. The molecule has 2 amide bonds. The Bertz CT molecular complexity index is 497. The van der Waals surface area contributed by atoms with Crippen LogP contribution in [0.5, 0.6) is 0 Å². The van der Waals surface area contributed by atoms with Gasteiger partial charge >= 0.3 is 6.03 Å². The van der Waals surface area contributed by atoms with Gasteiger partial charge in [-0.1, -0.05) is 30.3 Å². The molecule has 0 radical (unpaired) electrons. The van der Waals surface area contributed by atoms with Gasteiger partial charge in [0, 0.05) is 12.1 Å². The number of nitrogens with zero attached hydrogens (tertiary/aromatic N) is 1. The Labute approximate surface area is 139 Å². The molecule has 1 aliphatic carbocycles. The number of nitrogens with two attached hydrogens (primary N) is 1. The van der Waals surface area contributed by atoms with Crippen LogP contribution in [-0.2, 0) is 0 Å². The molecule has 1 unspecified atom stereocenters. The zero-order valence-electron chi connectivity index (χ0n) is 13.9. The van der Waals surface area contributed by atoms with E-state index in [0.717, 1.165) is 18.8 Å². The van der Waals surface area contributed by atoms with Gasteiger partial charge in [0.2, 0.25) is 0 Å². The smallest absolute Gasteiger partial charge is 0.312 e. The number of benzene rings is 1. The van der Waals surface area contributed by atoms with Crippen molar-refractivity contribution in [2.45, 2.75) is 57.0 Å². The normalized spacial score (nSPS) is 28.6. The average molecular weight is 315 g/mol. The first-order valence-corrected chi connectivity index (χ1v) is 9.07. The molecule has 4 nitrogen and oxygen atoms in total. The highest BCUT2D eigenvalue weighted by atomic mass is 16.2. The predicted octanol–water partition coefficient (Wildman–Crippen LogP) is 3.44. The minimum Gasteiger partial charge on any atom is -0.352 e. The minimum absolute atomic E-state index is 0.299. The summed E-state index contributed by atoms with van der Waals surface area (Å²) in [6.07, 6.45) is 8.48. The summed E-state index contributed by atoms with van der Waals surface area (Å²) >= 11 is 0. The van der Waals surface area contributed by atoms with Crippen LogP contribution < -0.4 is 11.1 Å². The number of primary amides is 1. The van der Waals surface area contributed by atoms with E-state index in [-0.39, 0.29) is 6.03 Å². The van der Waals surface area contributed by atoms with E-state index >= 15 is 0 Å². The standard InChI is InChI=1S/C19H29N3O/c20-19(23)21-17-10-8-15(9-11-17)12-14-22-13-4-7-18(22)16-5-2-1-3-6-16/h1-3,5-6,15,17-18H,4,7-14H2,(H3,20,21,23). The number of likely N-dealkylation sites (tertiary alicyclic amines) is 1. The molecule has 1 aromatic carbocycles. The zero-order chi connectivity index (χ0) is 16.1. The molecule has 0 bridgehead atoms. The second-order valence-corrected chi connectivity index (χ2v) is 7.12. The topological polar surface area (TPSA) is 58.4 Å². The van der Waals surface area contributed by atoms with Gasteiger partial charge in [0.05, 0.1) is 0 Å². The van der Waals surface area contributed by atoms with Crippen molar-refractivity contribution < 1.29 is 4.79 Å². The Morgan fingerprint density at radius 2 is 1.87 bits per heavy atom. The SMILES string of the molecule is NC(=O)NC1CCC(CCN2CCCC2c2ccccc2)CC1. The summed E-state index contributed by atoms with van der Waals surface area (Å²) in [6.45, 7) is 2.44. The summed E-state index contributed by atoms with van der Waals surface area (Å²) in [5.74, 6) is 0.804. The van der Waals surface area contributed by atoms with Crippen LogP contribution in [0.1, 0.15) is 56.6 Å². The second kappa shape index (κ2) is 7.82. The summed E-state index contributed by atoms with van der Waals surface area (Å²) in [5, 5.41) is 2.86. The molecule has 2 aliphatic rings. The lowest BCUT2D eigenvalue weighted by Crippen LogP contribution is -2.41. The quantitative estimate of drug-likeness (QED) is 0.874. The molecule has 1 heterocycles. The number of carbonyl (C=O) groups is 1. The van der Waals surface area contributed by atoms with Crippen molar-refractivity contribution in [2.75, 3.05) is 13.1 Å². The van der Waals surface area contributed by atoms with E-state index in [1.165, 1.54) is 50.8 Å². The number of nitrogens with one attached hydrogen (secondary N) is 1. The van der Waals surface area contributed by atoms with Crippen LogP contribution in [0.4, 0.5) is 4.79 Å². The van der Waals surface area contributed by atoms with E-state index in [1.54, 1.807) is 0 Å². The molecule has 4 heteroatoms. The number of carbonyl (C=O) groups excluding carboxylic acids is 1. The Kier molecular flexibility index (Phi) is 5.55. The van der Waals surface area contributed by atoms with Crippen LogP contribution in [-0.4, -0.2) is 30.1 Å². The molecule has 0 spiro atoms. The van der Waals surface area contributed by atoms with Crippen LogP contribution in [0.15, 0.2) is 30.3 Å². The fourth-order valence-corrected chi connectivity index (χ4v) is 4.29. The van der Waals surface area contributed by atoms with Gasteiger partial charge in [-0.2, -0.15) is 0 Å². The molecule has 2 fully saturated rings. The second-order valence-electron chi connectivity index (χ2n) is 7.12. The first-order chi connectivity index (χ1) is 11.2. The van der Waals surface area contributed by atoms with Gasteiger partial charge in [0.1, 0.15) is 0 Å². The van der Waals surface area contributed by atoms with Crippen LogP contribution >= 0.6 is 0 Å². The highest BCUT2D eigenvalue weighted by Gasteiger charge is 2.27. The van der Waals surface area contributed by atoms with Gasteiger partial charge in [0.15, 0.2) is 0 Å². The Morgan fingerprint density at radius 3 is 2.57 bits per heavy atom. The lowest BCUT2D eigenvalue weighted by Gasteiger charge is -2.31. The summed E-state index contributed by atoms with van der Waals surface area (Å²) in [5.41, 5.74) is 6.68. The molecule has 1 saturated heterocycles. The summed E-state index contributed by atoms with van der Waals surface area (Å²) in [7, 11) is 0. The van der Waals surface area contributed by atoms with Crippen molar-refractivity contribution in [2.24, 2.45) is 11.7 Å². The molecular weight excluding hydrogens is 286 g/mol. The Morgan fingerprint density at radius 1 is 1.13 bits per heavy atom. The van der Waals surface area contributed by atoms with Gasteiger partial charge in [-0.3, -0.25) is 4.90 Å². The number of rotatable bonds is 5. The number of hydrogen-bond donors (Lipinski definition) is 2. The van der Waals surface area contributed by atoms with Crippen molar-refractivity contribution in [3.05, 3.63) is 35.9 Å². The zero-order valence-corrected chi connectivity index (χ0v) is 13.9. The highest BCUT2D eigenvalue weighted by Crippen LogP contribution is 2.33. The first-order valence-electron chi connectivity index (χ1n) is 9.07. The van der Waals surface area contributed by atoms with E-state index in [2.05, 4.69) is 40.5 Å². The summed E-state index contributed by atoms with van der Waals surface area (Å²) < 4.78 is 0. The van der Waals surface area contributed by atoms with Crippen LogP contribution in [0, 0.1) is 5.92 Å². The third-order valence-electron chi connectivity index (χ3n) is 5.57. The van der Waals surface area contributed by atoms with E-state index < -0.39 is 0 Å². The molecule has 1 atom stereocenters. The number of hydrogen-bond acceptors (Lipinski definition) is 2. The van der Waals surface area contributed by atoms with Gasteiger partial charge < -0.3 is 11.1 Å². The molecule has 3 N–H and O–H groups in total. The minimum atomic E-state index is -0.379. The van der Waals surface area contributed by atoms with Gasteiger partial charge in [0.25, 0.3) is 0 Å². The van der Waals surface area contributed by atoms with Gasteiger partial charge in [-0.15, -0.1) is 0 Å².